The van der Waals surface area contributed by atoms with Crippen LogP contribution in [0.3, 0.4) is 0 Å². The minimum Gasteiger partial charge on any atom is -0.500 e. The lowest BCUT2D eigenvalue weighted by atomic mass is 9.95. The van der Waals surface area contributed by atoms with Gasteiger partial charge in [0.25, 0.3) is 5.56 Å². The van der Waals surface area contributed by atoms with Crippen molar-refractivity contribution in [1.29, 1.82) is 0 Å². The van der Waals surface area contributed by atoms with Crippen LogP contribution in [-0.2, 0) is 9.53 Å². The SMILES string of the molecule is CCOC(=O)C1=C(C)N=c2sc(=Cc3cc(OC)c(O)c([N+](=O)[O-])c3)c(=O)n2C1c1ccc(OCC)c(OCC)c1. The lowest BCUT2D eigenvalue weighted by Crippen LogP contribution is -2.40. The standard InChI is InChI=1S/C28H29N3O9S/c1-6-38-19-10-9-17(14-20(19)39-7-2)24-23(27(34)40-8-3)15(4)29-28-30(24)26(33)22(41-28)13-16-11-18(31(35)36)25(32)21(12-16)37-5/h9-14,24,32H,6-8H2,1-5H3. The summed E-state index contributed by atoms with van der Waals surface area (Å²) in [4.78, 5) is 42.7. The molecule has 12 nitrogen and oxygen atoms in total. The minimum absolute atomic E-state index is 0.116. The monoisotopic (exact) mass is 583 g/mol. The van der Waals surface area contributed by atoms with Crippen molar-refractivity contribution >= 4 is 29.1 Å². The zero-order valence-electron chi connectivity index (χ0n) is 23.1. The first kappa shape index (κ1) is 29.3. The fraction of sp³-hybridized carbons (Fsp3) is 0.321. The number of benzene rings is 2. The van der Waals surface area contributed by atoms with E-state index in [1.165, 1.54) is 23.8 Å². The molecule has 0 saturated heterocycles. The molecule has 1 unspecified atom stereocenters. The number of hydrogen-bond acceptors (Lipinski definition) is 11. The predicted molar refractivity (Wildman–Crippen MR) is 150 cm³/mol. The Kier molecular flexibility index (Phi) is 8.77. The normalized spacial score (nSPS) is 14.8. The first-order valence-corrected chi connectivity index (χ1v) is 13.6. The molecular formula is C28H29N3O9S. The quantitative estimate of drug-likeness (QED) is 0.215. The third-order valence-corrected chi connectivity index (χ3v) is 7.17. The molecule has 0 saturated carbocycles. The summed E-state index contributed by atoms with van der Waals surface area (Å²) >= 11 is 1.06. The number of methoxy groups -OCH3 is 1. The number of hydrogen-bond donors (Lipinski definition) is 1. The van der Waals surface area contributed by atoms with Gasteiger partial charge < -0.3 is 24.1 Å². The topological polar surface area (TPSA) is 152 Å². The van der Waals surface area contributed by atoms with Crippen molar-refractivity contribution in [2.45, 2.75) is 33.7 Å². The molecule has 1 aromatic heterocycles. The Morgan fingerprint density at radius 3 is 2.46 bits per heavy atom. The molecule has 0 bridgehead atoms. The second-order valence-electron chi connectivity index (χ2n) is 8.72. The lowest BCUT2D eigenvalue weighted by Gasteiger charge is -2.25. The molecule has 0 spiro atoms. The van der Waals surface area contributed by atoms with Crippen LogP contribution in [0.2, 0.25) is 0 Å². The van der Waals surface area contributed by atoms with Crippen LogP contribution in [0.4, 0.5) is 5.69 Å². The van der Waals surface area contributed by atoms with E-state index in [2.05, 4.69) is 4.99 Å². The lowest BCUT2D eigenvalue weighted by molar-refractivity contribution is -0.386. The predicted octanol–water partition coefficient (Wildman–Crippen LogP) is 3.22. The van der Waals surface area contributed by atoms with Crippen LogP contribution in [0.25, 0.3) is 6.08 Å². The number of phenolic OH excluding ortho intramolecular Hbond substituents is 1. The number of ether oxygens (including phenoxy) is 4. The van der Waals surface area contributed by atoms with E-state index in [1.54, 1.807) is 32.0 Å². The van der Waals surface area contributed by atoms with Crippen molar-refractivity contribution in [1.82, 2.24) is 4.57 Å². The van der Waals surface area contributed by atoms with E-state index in [9.17, 15) is 24.8 Å². The maximum atomic E-state index is 13.9. The third-order valence-electron chi connectivity index (χ3n) is 6.19. The maximum absolute atomic E-state index is 13.9. The number of aromatic hydroxyl groups is 1. The molecule has 1 aliphatic heterocycles. The second kappa shape index (κ2) is 12.3. The molecule has 4 rings (SSSR count). The highest BCUT2D eigenvalue weighted by Gasteiger charge is 2.34. The van der Waals surface area contributed by atoms with Crippen molar-refractivity contribution in [2.75, 3.05) is 26.9 Å². The average Bonchev–Trinajstić information content (AvgIpc) is 3.23. The van der Waals surface area contributed by atoms with Gasteiger partial charge in [-0.1, -0.05) is 17.4 Å². The minimum atomic E-state index is -0.897. The van der Waals surface area contributed by atoms with Gasteiger partial charge in [0.15, 0.2) is 22.0 Å². The molecule has 0 amide bonds. The molecule has 1 N–H and O–H groups in total. The van der Waals surface area contributed by atoms with Crippen LogP contribution in [0.5, 0.6) is 23.0 Å². The Labute approximate surface area is 238 Å². The number of thiazole rings is 1. The molecule has 2 aromatic carbocycles. The van der Waals surface area contributed by atoms with E-state index in [4.69, 9.17) is 18.9 Å². The number of allylic oxidation sites excluding steroid dienone is 1. The molecular weight excluding hydrogens is 554 g/mol. The van der Waals surface area contributed by atoms with Crippen LogP contribution >= 0.6 is 11.3 Å². The number of rotatable bonds is 10. The Morgan fingerprint density at radius 2 is 1.83 bits per heavy atom. The highest BCUT2D eigenvalue weighted by molar-refractivity contribution is 7.07. The first-order chi connectivity index (χ1) is 19.6. The van der Waals surface area contributed by atoms with Gasteiger partial charge in [0.05, 0.1) is 53.7 Å². The van der Waals surface area contributed by atoms with Crippen molar-refractivity contribution in [3.63, 3.8) is 0 Å². The highest BCUT2D eigenvalue weighted by atomic mass is 32.1. The molecule has 0 fully saturated rings. The molecule has 2 heterocycles. The summed E-state index contributed by atoms with van der Waals surface area (Å²) in [7, 11) is 1.27. The average molecular weight is 584 g/mol. The molecule has 1 atom stereocenters. The van der Waals surface area contributed by atoms with Gasteiger partial charge in [0.2, 0.25) is 5.75 Å². The second-order valence-corrected chi connectivity index (χ2v) is 9.73. The summed E-state index contributed by atoms with van der Waals surface area (Å²) in [5, 5.41) is 21.6. The van der Waals surface area contributed by atoms with Crippen molar-refractivity contribution in [3.05, 3.63) is 82.5 Å². The zero-order chi connectivity index (χ0) is 29.8. The van der Waals surface area contributed by atoms with Gasteiger partial charge in [-0.25, -0.2) is 9.79 Å². The van der Waals surface area contributed by atoms with E-state index >= 15 is 0 Å². The number of carbonyl (C=O) groups is 1. The Bertz CT molecular complexity index is 1720. The molecule has 0 radical (unpaired) electrons. The maximum Gasteiger partial charge on any atom is 0.338 e. The van der Waals surface area contributed by atoms with Crippen LogP contribution in [0.1, 0.15) is 44.9 Å². The van der Waals surface area contributed by atoms with E-state index in [-0.39, 0.29) is 28.0 Å². The summed E-state index contributed by atoms with van der Waals surface area (Å²) in [5.74, 6) is -0.373. The molecule has 216 valence electrons. The largest absolute Gasteiger partial charge is 0.500 e. The number of nitro groups is 1. The number of carbonyl (C=O) groups excluding carboxylic acids is 1. The van der Waals surface area contributed by atoms with E-state index < -0.39 is 33.9 Å². The van der Waals surface area contributed by atoms with E-state index in [0.29, 0.717) is 40.8 Å². The van der Waals surface area contributed by atoms with Gasteiger partial charge in [-0.3, -0.25) is 19.5 Å². The molecule has 13 heteroatoms. The number of aromatic nitrogens is 1. The van der Waals surface area contributed by atoms with Crippen molar-refractivity contribution in [3.8, 4) is 23.0 Å². The number of esters is 1. The van der Waals surface area contributed by atoms with Gasteiger partial charge in [0, 0.05) is 6.07 Å². The number of phenols is 1. The highest BCUT2D eigenvalue weighted by Crippen LogP contribution is 2.38. The van der Waals surface area contributed by atoms with E-state index in [1.807, 2.05) is 13.8 Å². The number of nitrogens with zero attached hydrogens (tertiary/aromatic N) is 3. The number of nitro benzene ring substituents is 1. The van der Waals surface area contributed by atoms with Gasteiger partial charge in [0.1, 0.15) is 0 Å². The van der Waals surface area contributed by atoms with Crippen LogP contribution in [0, 0.1) is 10.1 Å². The van der Waals surface area contributed by atoms with Crippen molar-refractivity contribution in [2.24, 2.45) is 4.99 Å². The van der Waals surface area contributed by atoms with Crippen LogP contribution < -0.4 is 29.1 Å². The van der Waals surface area contributed by atoms with Gasteiger partial charge in [-0.15, -0.1) is 0 Å². The van der Waals surface area contributed by atoms with Crippen molar-refractivity contribution < 1.29 is 33.8 Å². The zero-order valence-corrected chi connectivity index (χ0v) is 23.9. The Morgan fingerprint density at radius 1 is 1.12 bits per heavy atom. The summed E-state index contributed by atoms with van der Waals surface area (Å²) in [6, 6.07) is 6.83. The van der Waals surface area contributed by atoms with Crippen LogP contribution in [0.15, 0.2) is 51.4 Å². The van der Waals surface area contributed by atoms with Gasteiger partial charge in [-0.05, 0) is 63.1 Å². The van der Waals surface area contributed by atoms with Gasteiger partial charge in [-0.2, -0.15) is 0 Å². The fourth-order valence-corrected chi connectivity index (χ4v) is 5.53. The van der Waals surface area contributed by atoms with Gasteiger partial charge >= 0.3 is 11.7 Å². The molecule has 1 aliphatic rings. The summed E-state index contributed by atoms with van der Waals surface area (Å²) in [6.07, 6.45) is 1.45. The van der Waals surface area contributed by atoms with E-state index in [0.717, 1.165) is 17.4 Å². The summed E-state index contributed by atoms with van der Waals surface area (Å²) < 4.78 is 23.5. The summed E-state index contributed by atoms with van der Waals surface area (Å²) in [5.41, 5.74) is 0.363. The Hall–Kier alpha value is -4.65. The fourth-order valence-electron chi connectivity index (χ4n) is 4.49. The third kappa shape index (κ3) is 5.66. The van der Waals surface area contributed by atoms with Crippen LogP contribution in [-0.4, -0.2) is 47.5 Å². The first-order valence-electron chi connectivity index (χ1n) is 12.8. The molecule has 3 aromatic rings. The Balaban J connectivity index is 1.97. The molecule has 0 aliphatic carbocycles. The summed E-state index contributed by atoms with van der Waals surface area (Å²) in [6.45, 7) is 7.96. The smallest absolute Gasteiger partial charge is 0.338 e. The number of fused-ring (bicyclic) bond motifs is 1. The molecule has 41 heavy (non-hydrogen) atoms.